The summed E-state index contributed by atoms with van der Waals surface area (Å²) in [7, 11) is 0. The Bertz CT molecular complexity index is 351. The lowest BCUT2D eigenvalue weighted by atomic mass is 9.85. The van der Waals surface area contributed by atoms with Gasteiger partial charge in [-0.1, -0.05) is 0 Å². The number of nitrogens with one attached hydrogen (secondary N) is 2. The summed E-state index contributed by atoms with van der Waals surface area (Å²) in [5, 5.41) is 9.12. The van der Waals surface area contributed by atoms with Crippen molar-refractivity contribution in [2.75, 3.05) is 18.5 Å². The van der Waals surface area contributed by atoms with Gasteiger partial charge in [-0.15, -0.1) is 0 Å². The Labute approximate surface area is 87.2 Å². The predicted molar refractivity (Wildman–Crippen MR) is 54.1 cm³/mol. The molecule has 6 heteroatoms. The van der Waals surface area contributed by atoms with E-state index < -0.39 is 5.41 Å². The maximum atomic E-state index is 11.9. The molecule has 0 saturated carbocycles. The van der Waals surface area contributed by atoms with Gasteiger partial charge in [0.15, 0.2) is 0 Å². The second kappa shape index (κ2) is 3.63. The fourth-order valence-corrected chi connectivity index (χ4v) is 1.51. The molecule has 15 heavy (non-hydrogen) atoms. The third kappa shape index (κ3) is 1.73. The average Bonchev–Trinajstić information content (AvgIpc) is 2.79. The normalized spacial score (nSPS) is 30.4. The number of hydrogen-bond acceptors (Lipinski definition) is 4. The molecule has 1 aromatic heterocycles. The first-order valence-corrected chi connectivity index (χ1v) is 4.77. The molecule has 0 aromatic carbocycles. The first kappa shape index (κ1) is 10.1. The molecule has 0 spiro atoms. The number of carbonyl (C=O) groups is 1. The van der Waals surface area contributed by atoms with Gasteiger partial charge in [0.1, 0.15) is 5.82 Å². The molecule has 6 nitrogen and oxygen atoms in total. The molecule has 82 valence electrons. The number of ether oxygens (including phenoxy) is 1. The van der Waals surface area contributed by atoms with E-state index in [0.29, 0.717) is 19.0 Å². The molecule has 1 amide bonds. The highest BCUT2D eigenvalue weighted by molar-refractivity contribution is 5.95. The molecule has 1 aliphatic heterocycles. The molecule has 2 unspecified atom stereocenters. The topological polar surface area (TPSA) is 93.0 Å². The largest absolute Gasteiger partial charge is 0.379 e. The number of rotatable bonds is 2. The standard InChI is InChI=1S/C9H14N4O2/c1-9(5-15-4-6(9)10)8(14)12-7-2-3-11-13-7/h2-3,6H,4-5,10H2,1H3,(H2,11,12,13,14). The van der Waals surface area contributed by atoms with Crippen LogP contribution in [0.1, 0.15) is 6.92 Å². The van der Waals surface area contributed by atoms with E-state index >= 15 is 0 Å². The molecule has 2 heterocycles. The molecule has 1 aromatic rings. The van der Waals surface area contributed by atoms with Crippen LogP contribution in [-0.4, -0.2) is 35.4 Å². The Hall–Kier alpha value is -1.40. The fourth-order valence-electron chi connectivity index (χ4n) is 1.51. The van der Waals surface area contributed by atoms with Gasteiger partial charge in [-0.05, 0) is 6.92 Å². The summed E-state index contributed by atoms with van der Waals surface area (Å²) in [4.78, 5) is 11.9. The van der Waals surface area contributed by atoms with Crippen LogP contribution in [0.4, 0.5) is 5.82 Å². The summed E-state index contributed by atoms with van der Waals surface area (Å²) >= 11 is 0. The SMILES string of the molecule is CC1(C(=O)Nc2ccn[nH]2)COCC1N. The van der Waals surface area contributed by atoms with E-state index in [1.54, 1.807) is 19.2 Å². The van der Waals surface area contributed by atoms with E-state index in [0.717, 1.165) is 0 Å². The number of carbonyl (C=O) groups excluding carboxylic acids is 1. The number of hydrogen-bond donors (Lipinski definition) is 3. The number of nitrogens with two attached hydrogens (primary N) is 1. The number of amides is 1. The lowest BCUT2D eigenvalue weighted by molar-refractivity contribution is -0.125. The van der Waals surface area contributed by atoms with Crippen molar-refractivity contribution in [3.8, 4) is 0 Å². The number of aromatic nitrogens is 2. The molecule has 1 fully saturated rings. The maximum absolute atomic E-state index is 11.9. The first-order valence-electron chi connectivity index (χ1n) is 4.77. The van der Waals surface area contributed by atoms with Crippen LogP contribution in [-0.2, 0) is 9.53 Å². The number of anilines is 1. The lowest BCUT2D eigenvalue weighted by Crippen LogP contribution is -2.47. The van der Waals surface area contributed by atoms with E-state index in [4.69, 9.17) is 10.5 Å². The lowest BCUT2D eigenvalue weighted by Gasteiger charge is -2.24. The molecule has 0 bridgehead atoms. The summed E-state index contributed by atoms with van der Waals surface area (Å²) in [6, 6.07) is 1.42. The predicted octanol–water partition coefficient (Wildman–Crippen LogP) is -0.288. The van der Waals surface area contributed by atoms with E-state index in [2.05, 4.69) is 15.5 Å². The van der Waals surface area contributed by atoms with Crippen molar-refractivity contribution in [1.82, 2.24) is 10.2 Å². The molecule has 1 aliphatic rings. The summed E-state index contributed by atoms with van der Waals surface area (Å²) in [6.45, 7) is 2.58. The van der Waals surface area contributed by atoms with Gasteiger partial charge < -0.3 is 15.8 Å². The second-order valence-corrected chi connectivity index (χ2v) is 3.96. The number of H-pyrrole nitrogens is 1. The zero-order valence-electron chi connectivity index (χ0n) is 8.49. The minimum Gasteiger partial charge on any atom is -0.379 e. The van der Waals surface area contributed by atoms with E-state index in [1.165, 1.54) is 0 Å². The summed E-state index contributed by atoms with van der Waals surface area (Å²) < 4.78 is 5.20. The van der Waals surface area contributed by atoms with Crippen LogP contribution in [0.2, 0.25) is 0 Å². The third-order valence-electron chi connectivity index (χ3n) is 2.79. The zero-order valence-corrected chi connectivity index (χ0v) is 8.49. The van der Waals surface area contributed by atoms with Gasteiger partial charge in [0, 0.05) is 12.1 Å². The number of nitrogens with zero attached hydrogens (tertiary/aromatic N) is 1. The molecular formula is C9H14N4O2. The molecule has 2 rings (SSSR count). The molecular weight excluding hydrogens is 196 g/mol. The van der Waals surface area contributed by atoms with Crippen LogP contribution < -0.4 is 11.1 Å². The van der Waals surface area contributed by atoms with Gasteiger partial charge in [0.2, 0.25) is 5.91 Å². The molecule has 1 saturated heterocycles. The van der Waals surface area contributed by atoms with E-state index in [-0.39, 0.29) is 11.9 Å². The van der Waals surface area contributed by atoms with Crippen molar-refractivity contribution < 1.29 is 9.53 Å². The highest BCUT2D eigenvalue weighted by Crippen LogP contribution is 2.28. The van der Waals surface area contributed by atoms with Gasteiger partial charge >= 0.3 is 0 Å². The number of aromatic amines is 1. The van der Waals surface area contributed by atoms with Crippen molar-refractivity contribution in [3.05, 3.63) is 12.3 Å². The highest BCUT2D eigenvalue weighted by Gasteiger charge is 2.44. The van der Waals surface area contributed by atoms with Gasteiger partial charge in [0.05, 0.1) is 24.8 Å². The van der Waals surface area contributed by atoms with Crippen LogP contribution in [0.15, 0.2) is 12.3 Å². The Morgan fingerprint density at radius 1 is 1.87 bits per heavy atom. The highest BCUT2D eigenvalue weighted by atomic mass is 16.5. The van der Waals surface area contributed by atoms with Gasteiger partial charge in [-0.25, -0.2) is 0 Å². The van der Waals surface area contributed by atoms with Gasteiger partial charge in [-0.3, -0.25) is 9.89 Å². The summed E-state index contributed by atoms with van der Waals surface area (Å²) in [6.07, 6.45) is 1.57. The minimum atomic E-state index is -0.662. The van der Waals surface area contributed by atoms with Crippen molar-refractivity contribution in [2.24, 2.45) is 11.1 Å². The van der Waals surface area contributed by atoms with Gasteiger partial charge in [-0.2, -0.15) is 5.10 Å². The smallest absolute Gasteiger partial charge is 0.235 e. The second-order valence-electron chi connectivity index (χ2n) is 3.96. The Morgan fingerprint density at radius 2 is 2.67 bits per heavy atom. The first-order chi connectivity index (χ1) is 7.13. The van der Waals surface area contributed by atoms with Crippen LogP contribution in [0.25, 0.3) is 0 Å². The Morgan fingerprint density at radius 3 is 3.20 bits per heavy atom. The molecule has 2 atom stereocenters. The van der Waals surface area contributed by atoms with Crippen molar-refractivity contribution in [2.45, 2.75) is 13.0 Å². The third-order valence-corrected chi connectivity index (χ3v) is 2.79. The quantitative estimate of drug-likeness (QED) is 0.625. The zero-order chi connectivity index (χ0) is 10.9. The summed E-state index contributed by atoms with van der Waals surface area (Å²) in [5.41, 5.74) is 5.17. The minimum absolute atomic E-state index is 0.142. The van der Waals surface area contributed by atoms with E-state index in [1.807, 2.05) is 0 Å². The van der Waals surface area contributed by atoms with Gasteiger partial charge in [0.25, 0.3) is 0 Å². The summed E-state index contributed by atoms with van der Waals surface area (Å²) in [5.74, 6) is 0.428. The Kier molecular flexibility index (Phi) is 2.45. The van der Waals surface area contributed by atoms with Crippen LogP contribution in [0.3, 0.4) is 0 Å². The Balaban J connectivity index is 2.07. The monoisotopic (exact) mass is 210 g/mol. The molecule has 0 aliphatic carbocycles. The maximum Gasteiger partial charge on any atom is 0.235 e. The average molecular weight is 210 g/mol. The van der Waals surface area contributed by atoms with Crippen LogP contribution in [0, 0.1) is 5.41 Å². The van der Waals surface area contributed by atoms with Crippen molar-refractivity contribution in [3.63, 3.8) is 0 Å². The van der Waals surface area contributed by atoms with Crippen LogP contribution in [0.5, 0.6) is 0 Å². The van der Waals surface area contributed by atoms with E-state index in [9.17, 15) is 4.79 Å². The van der Waals surface area contributed by atoms with Crippen molar-refractivity contribution >= 4 is 11.7 Å². The van der Waals surface area contributed by atoms with Crippen molar-refractivity contribution in [1.29, 1.82) is 0 Å². The molecule has 4 N–H and O–H groups in total. The molecule has 0 radical (unpaired) electrons. The van der Waals surface area contributed by atoms with Crippen LogP contribution >= 0.6 is 0 Å². The fraction of sp³-hybridized carbons (Fsp3) is 0.556.